The number of nitrogens with zero attached hydrogens (tertiary/aromatic N) is 3. The van der Waals surface area contributed by atoms with Crippen molar-refractivity contribution in [1.82, 2.24) is 19.8 Å². The van der Waals surface area contributed by atoms with Crippen molar-refractivity contribution in [3.8, 4) is 11.4 Å². The lowest BCUT2D eigenvalue weighted by molar-refractivity contribution is 0.0356. The Morgan fingerprint density at radius 2 is 2.28 bits per heavy atom. The van der Waals surface area contributed by atoms with Crippen LogP contribution in [0.3, 0.4) is 0 Å². The first-order valence-corrected chi connectivity index (χ1v) is 5.71. The number of hydrogen-bond acceptors (Lipinski definition) is 3. The minimum atomic E-state index is -0.299. The Kier molecular flexibility index (Phi) is 3.47. The van der Waals surface area contributed by atoms with E-state index in [0.717, 1.165) is 11.4 Å². The molecule has 2 rings (SSSR count). The van der Waals surface area contributed by atoms with Crippen molar-refractivity contribution in [2.75, 3.05) is 6.61 Å². The lowest BCUT2D eigenvalue weighted by atomic mass is 10.3. The number of aromatic nitrogens is 3. The van der Waals surface area contributed by atoms with E-state index < -0.39 is 0 Å². The molecule has 0 aliphatic heterocycles. The fourth-order valence-corrected chi connectivity index (χ4v) is 1.72. The first-order chi connectivity index (χ1) is 8.63. The van der Waals surface area contributed by atoms with E-state index in [1.54, 1.807) is 20.0 Å². The summed E-state index contributed by atoms with van der Waals surface area (Å²) in [6.07, 6.45) is 1.93. The molecule has 0 bridgehead atoms. The van der Waals surface area contributed by atoms with Gasteiger partial charge in [0.1, 0.15) is 11.4 Å². The van der Waals surface area contributed by atoms with Gasteiger partial charge < -0.3 is 4.57 Å². The maximum atomic E-state index is 11.8. The van der Waals surface area contributed by atoms with Crippen molar-refractivity contribution in [3.63, 3.8) is 0 Å². The molecular formula is C12H16N4O2. The fraction of sp³-hybridized carbons (Fsp3) is 0.333. The number of carbonyl (C=O) groups is 1. The van der Waals surface area contributed by atoms with Gasteiger partial charge in [0.25, 0.3) is 5.91 Å². The molecule has 0 saturated heterocycles. The van der Waals surface area contributed by atoms with E-state index in [4.69, 9.17) is 4.84 Å². The third kappa shape index (κ3) is 2.28. The van der Waals surface area contributed by atoms with E-state index >= 15 is 0 Å². The van der Waals surface area contributed by atoms with Gasteiger partial charge in [-0.2, -0.15) is 5.10 Å². The van der Waals surface area contributed by atoms with E-state index in [1.165, 1.54) is 4.68 Å². The van der Waals surface area contributed by atoms with Crippen LogP contribution in [0.1, 0.15) is 17.4 Å². The number of aryl methyl sites for hydroxylation is 2. The molecule has 96 valence electrons. The van der Waals surface area contributed by atoms with Crippen molar-refractivity contribution in [2.24, 2.45) is 14.1 Å². The number of hydrogen-bond donors (Lipinski definition) is 1. The first kappa shape index (κ1) is 12.4. The smallest absolute Gasteiger partial charge is 0.293 e. The molecule has 0 spiro atoms. The molecule has 1 N–H and O–H groups in total. The average Bonchev–Trinajstić information content (AvgIpc) is 2.92. The SMILES string of the molecule is CCONC(=O)c1cc(-c2cccn2C)nn1C. The van der Waals surface area contributed by atoms with Crippen LogP contribution < -0.4 is 5.48 Å². The topological polar surface area (TPSA) is 61.1 Å². The third-order valence-corrected chi connectivity index (χ3v) is 2.63. The van der Waals surface area contributed by atoms with Crippen LogP contribution in [-0.4, -0.2) is 26.9 Å². The molecule has 0 fully saturated rings. The monoisotopic (exact) mass is 248 g/mol. The van der Waals surface area contributed by atoms with Gasteiger partial charge in [-0.1, -0.05) is 0 Å². The van der Waals surface area contributed by atoms with Gasteiger partial charge >= 0.3 is 0 Å². The van der Waals surface area contributed by atoms with Crippen LogP contribution >= 0.6 is 0 Å². The molecule has 1 amide bonds. The number of nitrogens with one attached hydrogen (secondary N) is 1. The molecule has 2 aromatic rings. The fourth-order valence-electron chi connectivity index (χ4n) is 1.72. The minimum absolute atomic E-state index is 0.299. The van der Waals surface area contributed by atoms with Gasteiger partial charge in [-0.05, 0) is 25.1 Å². The third-order valence-electron chi connectivity index (χ3n) is 2.63. The Balaban J connectivity index is 2.27. The predicted molar refractivity (Wildman–Crippen MR) is 66.7 cm³/mol. The van der Waals surface area contributed by atoms with E-state index in [2.05, 4.69) is 10.6 Å². The highest BCUT2D eigenvalue weighted by Gasteiger charge is 2.15. The van der Waals surface area contributed by atoms with Crippen LogP contribution in [0.5, 0.6) is 0 Å². The van der Waals surface area contributed by atoms with Crippen LogP contribution in [0.15, 0.2) is 24.4 Å². The molecule has 0 saturated carbocycles. The Morgan fingerprint density at radius 3 is 2.89 bits per heavy atom. The maximum Gasteiger partial charge on any atom is 0.293 e. The summed E-state index contributed by atoms with van der Waals surface area (Å²) in [4.78, 5) is 16.7. The van der Waals surface area contributed by atoms with Crippen LogP contribution in [0.4, 0.5) is 0 Å². The summed E-state index contributed by atoms with van der Waals surface area (Å²) in [6.45, 7) is 2.23. The molecule has 0 aliphatic carbocycles. The molecular weight excluding hydrogens is 232 g/mol. The molecule has 0 unspecified atom stereocenters. The predicted octanol–water partition coefficient (Wildman–Crippen LogP) is 1.11. The Morgan fingerprint density at radius 1 is 1.50 bits per heavy atom. The number of rotatable bonds is 4. The first-order valence-electron chi connectivity index (χ1n) is 5.71. The zero-order valence-corrected chi connectivity index (χ0v) is 10.7. The molecule has 6 nitrogen and oxygen atoms in total. The highest BCUT2D eigenvalue weighted by molar-refractivity contribution is 5.92. The molecule has 0 aromatic carbocycles. The number of hydroxylamine groups is 1. The molecule has 0 radical (unpaired) electrons. The van der Waals surface area contributed by atoms with Gasteiger partial charge in [-0.25, -0.2) is 5.48 Å². The highest BCUT2D eigenvalue weighted by Crippen LogP contribution is 2.18. The lowest BCUT2D eigenvalue weighted by Gasteiger charge is -2.02. The standard InChI is InChI=1S/C12H16N4O2/c1-4-18-14-12(17)11-8-9(13-16(11)3)10-6-5-7-15(10)2/h5-8H,4H2,1-3H3,(H,14,17). The van der Waals surface area contributed by atoms with Gasteiger partial charge in [0.15, 0.2) is 0 Å². The van der Waals surface area contributed by atoms with E-state index in [0.29, 0.717) is 12.3 Å². The second kappa shape index (κ2) is 5.05. The van der Waals surface area contributed by atoms with Crippen molar-refractivity contribution >= 4 is 5.91 Å². The summed E-state index contributed by atoms with van der Waals surface area (Å²) in [6, 6.07) is 5.63. The minimum Gasteiger partial charge on any atom is -0.349 e. The van der Waals surface area contributed by atoms with Gasteiger partial charge in [-0.15, -0.1) is 0 Å². The largest absolute Gasteiger partial charge is 0.349 e. The molecule has 18 heavy (non-hydrogen) atoms. The van der Waals surface area contributed by atoms with E-state index in [9.17, 15) is 4.79 Å². The van der Waals surface area contributed by atoms with Crippen molar-refractivity contribution < 1.29 is 9.63 Å². The second-order valence-corrected chi connectivity index (χ2v) is 3.91. The van der Waals surface area contributed by atoms with Gasteiger partial charge in [-0.3, -0.25) is 14.3 Å². The van der Waals surface area contributed by atoms with E-state index in [1.807, 2.05) is 29.9 Å². The second-order valence-electron chi connectivity index (χ2n) is 3.91. The summed E-state index contributed by atoms with van der Waals surface area (Å²) in [5.74, 6) is -0.299. The summed E-state index contributed by atoms with van der Waals surface area (Å²) in [5.41, 5.74) is 4.53. The molecule has 0 atom stereocenters. The molecule has 2 heterocycles. The average molecular weight is 248 g/mol. The summed E-state index contributed by atoms with van der Waals surface area (Å²) in [5, 5.41) is 4.32. The van der Waals surface area contributed by atoms with Gasteiger partial charge in [0, 0.05) is 20.3 Å². The lowest BCUT2D eigenvalue weighted by Crippen LogP contribution is -2.25. The number of amides is 1. The Hall–Kier alpha value is -2.08. The van der Waals surface area contributed by atoms with Crippen LogP contribution in [0.25, 0.3) is 11.4 Å². The summed E-state index contributed by atoms with van der Waals surface area (Å²) < 4.78 is 3.49. The maximum absolute atomic E-state index is 11.8. The van der Waals surface area contributed by atoms with Gasteiger partial charge in [0.05, 0.1) is 12.3 Å². The normalized spacial score (nSPS) is 10.6. The number of carbonyl (C=O) groups excluding carboxylic acids is 1. The Bertz CT molecular complexity index is 556. The zero-order chi connectivity index (χ0) is 13.1. The summed E-state index contributed by atoms with van der Waals surface area (Å²) in [7, 11) is 3.66. The Labute approximate surface area is 105 Å². The zero-order valence-electron chi connectivity index (χ0n) is 10.7. The van der Waals surface area contributed by atoms with Crippen LogP contribution in [-0.2, 0) is 18.9 Å². The molecule has 0 aliphatic rings. The summed E-state index contributed by atoms with van der Waals surface area (Å²) >= 11 is 0. The van der Waals surface area contributed by atoms with Crippen LogP contribution in [0.2, 0.25) is 0 Å². The van der Waals surface area contributed by atoms with Gasteiger partial charge in [0.2, 0.25) is 0 Å². The van der Waals surface area contributed by atoms with Crippen molar-refractivity contribution in [2.45, 2.75) is 6.92 Å². The molecule has 6 heteroatoms. The molecule has 2 aromatic heterocycles. The quantitative estimate of drug-likeness (QED) is 0.824. The van der Waals surface area contributed by atoms with Crippen molar-refractivity contribution in [3.05, 3.63) is 30.1 Å². The highest BCUT2D eigenvalue weighted by atomic mass is 16.6. The van der Waals surface area contributed by atoms with E-state index in [-0.39, 0.29) is 5.91 Å². The van der Waals surface area contributed by atoms with Crippen molar-refractivity contribution in [1.29, 1.82) is 0 Å². The van der Waals surface area contributed by atoms with Crippen LogP contribution in [0, 0.1) is 0 Å².